The number of amides is 1. The number of benzene rings is 1. The average Bonchev–Trinajstić information content (AvgIpc) is 2.72. The lowest BCUT2D eigenvalue weighted by Gasteiger charge is -2.29. The van der Waals surface area contributed by atoms with Crippen LogP contribution in [0.25, 0.3) is 0 Å². The maximum atomic E-state index is 12.3. The van der Waals surface area contributed by atoms with Gasteiger partial charge in [0.15, 0.2) is 0 Å². The standard InChI is InChI=1S/C16H22N2O3.ClH/c1-10-14(17-6-7-20-10)15(19)18-12-4-5-13-11(8-12)9-16(2,3)21-13;/h4-5,8,10,14,17H,6-7,9H2,1-3H3,(H,18,19);1H/t10-,14+;/m1./s1. The molecule has 22 heavy (non-hydrogen) atoms. The molecule has 1 fully saturated rings. The second-order valence-electron chi connectivity index (χ2n) is 6.36. The Kier molecular flexibility index (Phi) is 5.00. The summed E-state index contributed by atoms with van der Waals surface area (Å²) in [5.41, 5.74) is 1.77. The molecule has 2 N–H and O–H groups in total. The lowest BCUT2D eigenvalue weighted by molar-refractivity contribution is -0.123. The number of carbonyl (C=O) groups is 1. The van der Waals surface area contributed by atoms with Crippen molar-refractivity contribution in [1.82, 2.24) is 5.32 Å². The fourth-order valence-corrected chi connectivity index (χ4v) is 2.93. The Balaban J connectivity index is 0.00000176. The Morgan fingerprint density at radius 1 is 1.41 bits per heavy atom. The Bertz CT molecular complexity index is 562. The highest BCUT2D eigenvalue weighted by Crippen LogP contribution is 2.36. The van der Waals surface area contributed by atoms with E-state index >= 15 is 0 Å². The molecule has 2 aliphatic heterocycles. The zero-order valence-corrected chi connectivity index (χ0v) is 14.0. The summed E-state index contributed by atoms with van der Waals surface area (Å²) in [6.45, 7) is 7.40. The largest absolute Gasteiger partial charge is 0.487 e. The summed E-state index contributed by atoms with van der Waals surface area (Å²) in [5.74, 6) is 0.853. The first-order chi connectivity index (χ1) is 9.94. The van der Waals surface area contributed by atoms with Gasteiger partial charge >= 0.3 is 0 Å². The van der Waals surface area contributed by atoms with Crippen molar-refractivity contribution in [2.75, 3.05) is 18.5 Å². The van der Waals surface area contributed by atoms with Gasteiger partial charge in [0, 0.05) is 24.2 Å². The smallest absolute Gasteiger partial charge is 0.244 e. The first-order valence-electron chi connectivity index (χ1n) is 7.42. The summed E-state index contributed by atoms with van der Waals surface area (Å²) >= 11 is 0. The summed E-state index contributed by atoms with van der Waals surface area (Å²) in [7, 11) is 0. The van der Waals surface area contributed by atoms with Crippen molar-refractivity contribution in [2.45, 2.75) is 44.9 Å². The molecule has 1 aromatic carbocycles. The lowest BCUT2D eigenvalue weighted by atomic mass is 10.0. The van der Waals surface area contributed by atoms with Crippen molar-refractivity contribution >= 4 is 24.0 Å². The van der Waals surface area contributed by atoms with Gasteiger partial charge in [-0.15, -0.1) is 12.4 Å². The number of ether oxygens (including phenoxy) is 2. The normalized spacial score (nSPS) is 25.6. The third-order valence-corrected chi connectivity index (χ3v) is 3.93. The fourth-order valence-electron chi connectivity index (χ4n) is 2.93. The van der Waals surface area contributed by atoms with E-state index in [0.29, 0.717) is 13.2 Å². The molecule has 0 unspecified atom stereocenters. The van der Waals surface area contributed by atoms with Crippen LogP contribution in [0.2, 0.25) is 0 Å². The molecule has 2 atom stereocenters. The number of fused-ring (bicyclic) bond motifs is 1. The van der Waals surface area contributed by atoms with Gasteiger partial charge in [-0.05, 0) is 39.0 Å². The zero-order chi connectivity index (χ0) is 15.0. The van der Waals surface area contributed by atoms with E-state index in [1.165, 1.54) is 0 Å². The molecule has 0 aromatic heterocycles. The quantitative estimate of drug-likeness (QED) is 0.874. The SMILES string of the molecule is C[C@H]1OCCN[C@@H]1C(=O)Nc1ccc2c(c1)CC(C)(C)O2.Cl. The monoisotopic (exact) mass is 326 g/mol. The third-order valence-electron chi connectivity index (χ3n) is 3.93. The summed E-state index contributed by atoms with van der Waals surface area (Å²) in [5, 5.41) is 6.15. The molecule has 5 nitrogen and oxygen atoms in total. The number of morpholine rings is 1. The van der Waals surface area contributed by atoms with Gasteiger partial charge in [-0.25, -0.2) is 0 Å². The van der Waals surface area contributed by atoms with Crippen LogP contribution in [0.5, 0.6) is 5.75 Å². The molecular weight excluding hydrogens is 304 g/mol. The van der Waals surface area contributed by atoms with Crippen molar-refractivity contribution < 1.29 is 14.3 Å². The highest BCUT2D eigenvalue weighted by atomic mass is 35.5. The van der Waals surface area contributed by atoms with Crippen molar-refractivity contribution in [1.29, 1.82) is 0 Å². The van der Waals surface area contributed by atoms with E-state index in [-0.39, 0.29) is 36.1 Å². The average molecular weight is 327 g/mol. The minimum Gasteiger partial charge on any atom is -0.487 e. The van der Waals surface area contributed by atoms with Gasteiger partial charge in [0.25, 0.3) is 0 Å². The van der Waals surface area contributed by atoms with Gasteiger partial charge in [0.05, 0.1) is 12.7 Å². The molecule has 3 rings (SSSR count). The number of halogens is 1. The maximum Gasteiger partial charge on any atom is 0.244 e. The van der Waals surface area contributed by atoms with E-state index in [4.69, 9.17) is 9.47 Å². The number of hydrogen-bond donors (Lipinski definition) is 2. The van der Waals surface area contributed by atoms with Crippen molar-refractivity contribution in [3.8, 4) is 5.75 Å². The van der Waals surface area contributed by atoms with Crippen molar-refractivity contribution in [3.63, 3.8) is 0 Å². The van der Waals surface area contributed by atoms with E-state index in [1.807, 2.05) is 25.1 Å². The number of rotatable bonds is 2. The summed E-state index contributed by atoms with van der Waals surface area (Å²) in [6, 6.07) is 5.50. The van der Waals surface area contributed by atoms with Crippen LogP contribution in [-0.4, -0.2) is 36.8 Å². The van der Waals surface area contributed by atoms with E-state index < -0.39 is 0 Å². The topological polar surface area (TPSA) is 59.6 Å². The number of hydrogen-bond acceptors (Lipinski definition) is 4. The highest BCUT2D eigenvalue weighted by molar-refractivity contribution is 5.95. The van der Waals surface area contributed by atoms with Crippen LogP contribution in [0.4, 0.5) is 5.69 Å². The molecule has 1 amide bonds. The maximum absolute atomic E-state index is 12.3. The molecule has 122 valence electrons. The van der Waals surface area contributed by atoms with Crippen LogP contribution in [0.3, 0.4) is 0 Å². The molecule has 1 aromatic rings. The van der Waals surface area contributed by atoms with Gasteiger partial charge in [-0.2, -0.15) is 0 Å². The Morgan fingerprint density at radius 2 is 2.18 bits per heavy atom. The van der Waals surface area contributed by atoms with Crippen LogP contribution in [0.1, 0.15) is 26.3 Å². The van der Waals surface area contributed by atoms with Crippen LogP contribution < -0.4 is 15.4 Å². The molecule has 0 radical (unpaired) electrons. The van der Waals surface area contributed by atoms with Gasteiger partial charge < -0.3 is 20.1 Å². The van der Waals surface area contributed by atoms with E-state index in [9.17, 15) is 4.79 Å². The highest BCUT2D eigenvalue weighted by Gasteiger charge is 2.31. The summed E-state index contributed by atoms with van der Waals surface area (Å²) < 4.78 is 11.3. The Hall–Kier alpha value is -1.30. The minimum atomic E-state index is -0.306. The number of anilines is 1. The van der Waals surface area contributed by atoms with E-state index in [2.05, 4.69) is 24.5 Å². The van der Waals surface area contributed by atoms with Gasteiger partial charge in [0.2, 0.25) is 5.91 Å². The minimum absolute atomic E-state index is 0. The Labute approximate surface area is 137 Å². The van der Waals surface area contributed by atoms with Crippen LogP contribution in [-0.2, 0) is 16.0 Å². The van der Waals surface area contributed by atoms with Crippen molar-refractivity contribution in [2.24, 2.45) is 0 Å². The fraction of sp³-hybridized carbons (Fsp3) is 0.562. The number of carbonyl (C=O) groups excluding carboxylic acids is 1. The van der Waals surface area contributed by atoms with Crippen LogP contribution >= 0.6 is 12.4 Å². The Morgan fingerprint density at radius 3 is 2.91 bits per heavy atom. The molecule has 2 heterocycles. The van der Waals surface area contributed by atoms with Crippen LogP contribution in [0, 0.1) is 0 Å². The molecular formula is C16H23ClN2O3. The van der Waals surface area contributed by atoms with Gasteiger partial charge in [-0.1, -0.05) is 0 Å². The molecule has 2 aliphatic rings. The molecule has 0 bridgehead atoms. The first kappa shape index (κ1) is 17.1. The number of nitrogens with one attached hydrogen (secondary N) is 2. The molecule has 6 heteroatoms. The second-order valence-corrected chi connectivity index (χ2v) is 6.36. The predicted molar refractivity (Wildman–Crippen MR) is 87.9 cm³/mol. The molecule has 0 saturated carbocycles. The van der Waals surface area contributed by atoms with E-state index in [1.54, 1.807) is 0 Å². The molecule has 0 aliphatic carbocycles. The zero-order valence-electron chi connectivity index (χ0n) is 13.1. The van der Waals surface area contributed by atoms with Crippen molar-refractivity contribution in [3.05, 3.63) is 23.8 Å². The van der Waals surface area contributed by atoms with Gasteiger partial charge in [-0.3, -0.25) is 4.79 Å². The van der Waals surface area contributed by atoms with Gasteiger partial charge in [0.1, 0.15) is 17.4 Å². The van der Waals surface area contributed by atoms with E-state index in [0.717, 1.165) is 23.4 Å². The summed E-state index contributed by atoms with van der Waals surface area (Å²) in [6.07, 6.45) is 0.739. The lowest BCUT2D eigenvalue weighted by Crippen LogP contribution is -2.53. The first-order valence-corrected chi connectivity index (χ1v) is 7.42. The third kappa shape index (κ3) is 3.54. The molecule has 0 spiro atoms. The molecule has 1 saturated heterocycles. The second kappa shape index (κ2) is 6.44. The van der Waals surface area contributed by atoms with Crippen LogP contribution in [0.15, 0.2) is 18.2 Å². The predicted octanol–water partition coefficient (Wildman–Crippen LogP) is 2.14. The summed E-state index contributed by atoms with van der Waals surface area (Å²) in [4.78, 5) is 12.3.